The zero-order valence-corrected chi connectivity index (χ0v) is 20.3. The number of halogens is 2. The lowest BCUT2D eigenvalue weighted by molar-refractivity contribution is 0.0557. The molecule has 0 radical (unpaired) electrons. The zero-order valence-electron chi connectivity index (χ0n) is 20.3. The van der Waals surface area contributed by atoms with Crippen molar-refractivity contribution >= 4 is 5.91 Å². The van der Waals surface area contributed by atoms with E-state index in [-0.39, 0.29) is 11.3 Å². The highest BCUT2D eigenvalue weighted by Gasteiger charge is 2.45. The molecule has 9 heteroatoms. The standard InChI is InChI=1S/C29H24F2N4O3/c30-19-12-11-18-24(25(19)31)21-9-6-15-32(21)20-8-4-3-7-17(20)26(18)35-23-10-2-1-5-14-33(23)29(38)27-28(37)22(36)13-16-34(27)35/h3-4,6-9,11-13,15-16,23,26,37H,1-2,5,10,14H2. The minimum Gasteiger partial charge on any atom is -0.502 e. The fourth-order valence-electron chi connectivity index (χ4n) is 6.33. The van der Waals surface area contributed by atoms with Gasteiger partial charge in [0.25, 0.3) is 5.91 Å². The maximum absolute atomic E-state index is 15.7. The third-order valence-electron chi connectivity index (χ3n) is 7.97. The Labute approximate surface area is 216 Å². The summed E-state index contributed by atoms with van der Waals surface area (Å²) in [5.41, 5.74) is 2.01. The Hall–Kier alpha value is -4.40. The number of rotatable bonds is 1. The number of aromatic nitrogens is 2. The van der Waals surface area contributed by atoms with E-state index < -0.39 is 40.9 Å². The van der Waals surface area contributed by atoms with Gasteiger partial charge in [-0.1, -0.05) is 30.7 Å². The van der Waals surface area contributed by atoms with E-state index in [9.17, 15) is 19.1 Å². The number of hydrogen-bond acceptors (Lipinski definition) is 4. The van der Waals surface area contributed by atoms with E-state index in [4.69, 9.17) is 0 Å². The average Bonchev–Trinajstić information content (AvgIpc) is 3.21. The third-order valence-corrected chi connectivity index (χ3v) is 7.97. The Morgan fingerprint density at radius 1 is 0.868 bits per heavy atom. The number of aromatic hydroxyl groups is 1. The molecule has 1 saturated heterocycles. The molecule has 1 amide bonds. The van der Waals surface area contributed by atoms with Crippen LogP contribution in [0, 0.1) is 11.6 Å². The zero-order chi connectivity index (χ0) is 26.1. The minimum atomic E-state index is -0.951. The molecule has 2 atom stereocenters. The van der Waals surface area contributed by atoms with Gasteiger partial charge in [-0.05, 0) is 49.1 Å². The molecule has 2 unspecified atom stereocenters. The summed E-state index contributed by atoms with van der Waals surface area (Å²) in [6.45, 7) is 0.460. The largest absolute Gasteiger partial charge is 0.502 e. The molecule has 0 spiro atoms. The fraction of sp³-hybridized carbons (Fsp3) is 0.241. The van der Waals surface area contributed by atoms with Gasteiger partial charge in [-0.3, -0.25) is 19.3 Å². The summed E-state index contributed by atoms with van der Waals surface area (Å²) in [7, 11) is 0. The van der Waals surface area contributed by atoms with Gasteiger partial charge in [-0.2, -0.15) is 0 Å². The number of carbonyl (C=O) groups is 1. The van der Waals surface area contributed by atoms with Gasteiger partial charge in [-0.25, -0.2) is 8.78 Å². The minimum absolute atomic E-state index is 0.124. The predicted octanol–water partition coefficient (Wildman–Crippen LogP) is 4.69. The predicted molar refractivity (Wildman–Crippen MR) is 137 cm³/mol. The van der Waals surface area contributed by atoms with E-state index in [2.05, 4.69) is 0 Å². The molecule has 1 fully saturated rings. The van der Waals surface area contributed by atoms with E-state index in [0.29, 0.717) is 24.2 Å². The molecule has 3 aliphatic rings. The fourth-order valence-corrected chi connectivity index (χ4v) is 6.33. The second kappa shape index (κ2) is 8.31. The second-order valence-electron chi connectivity index (χ2n) is 9.98. The average molecular weight is 515 g/mol. The van der Waals surface area contributed by atoms with Gasteiger partial charge >= 0.3 is 0 Å². The number of para-hydroxylation sites is 1. The van der Waals surface area contributed by atoms with Gasteiger partial charge < -0.3 is 14.6 Å². The Bertz CT molecular complexity index is 1680. The smallest absolute Gasteiger partial charge is 0.278 e. The first kappa shape index (κ1) is 22.8. The molecule has 0 aliphatic carbocycles. The maximum atomic E-state index is 15.7. The van der Waals surface area contributed by atoms with E-state index in [0.717, 1.165) is 36.6 Å². The van der Waals surface area contributed by atoms with Crippen molar-refractivity contribution in [1.29, 1.82) is 0 Å². The number of nitrogens with zero attached hydrogens (tertiary/aromatic N) is 4. The Morgan fingerprint density at radius 2 is 1.71 bits per heavy atom. The molecule has 2 aromatic carbocycles. The van der Waals surface area contributed by atoms with Gasteiger partial charge in [0, 0.05) is 36.1 Å². The van der Waals surface area contributed by atoms with Crippen molar-refractivity contribution in [3.05, 3.63) is 106 Å². The molecular formula is C29H24F2N4O3. The Kier molecular flexibility index (Phi) is 4.98. The van der Waals surface area contributed by atoms with Crippen LogP contribution < -0.4 is 10.4 Å². The summed E-state index contributed by atoms with van der Waals surface area (Å²) in [6, 6.07) is 14.5. The third kappa shape index (κ3) is 3.04. The van der Waals surface area contributed by atoms with Gasteiger partial charge in [0.2, 0.25) is 5.43 Å². The van der Waals surface area contributed by atoms with Crippen molar-refractivity contribution < 1.29 is 18.7 Å². The monoisotopic (exact) mass is 514 g/mol. The molecule has 5 heterocycles. The van der Waals surface area contributed by atoms with Crippen LogP contribution in [0.3, 0.4) is 0 Å². The highest BCUT2D eigenvalue weighted by molar-refractivity contribution is 5.96. The van der Waals surface area contributed by atoms with E-state index >= 15 is 4.39 Å². The highest BCUT2D eigenvalue weighted by Crippen LogP contribution is 2.46. The van der Waals surface area contributed by atoms with Gasteiger partial charge in [-0.15, -0.1) is 0 Å². The lowest BCUT2D eigenvalue weighted by Crippen LogP contribution is -2.62. The quantitative estimate of drug-likeness (QED) is 0.400. The highest BCUT2D eigenvalue weighted by atomic mass is 19.2. The van der Waals surface area contributed by atoms with Crippen LogP contribution >= 0.6 is 0 Å². The molecular weight excluding hydrogens is 490 g/mol. The van der Waals surface area contributed by atoms with Crippen molar-refractivity contribution in [2.24, 2.45) is 0 Å². The summed E-state index contributed by atoms with van der Waals surface area (Å²) < 4.78 is 33.8. The van der Waals surface area contributed by atoms with Crippen LogP contribution in [0.1, 0.15) is 53.3 Å². The lowest BCUT2D eigenvalue weighted by Gasteiger charge is -2.49. The molecule has 4 aromatic rings. The van der Waals surface area contributed by atoms with Gasteiger partial charge in [0.05, 0.1) is 11.4 Å². The molecule has 2 aromatic heterocycles. The summed E-state index contributed by atoms with van der Waals surface area (Å²) in [6.07, 6.45) is 6.10. The van der Waals surface area contributed by atoms with Crippen LogP contribution in [0.25, 0.3) is 16.9 Å². The molecule has 38 heavy (non-hydrogen) atoms. The molecule has 192 valence electrons. The number of fused-ring (bicyclic) bond motifs is 7. The molecule has 0 bridgehead atoms. The van der Waals surface area contributed by atoms with Crippen LogP contribution in [0.2, 0.25) is 0 Å². The normalized spacial score (nSPS) is 20.0. The topological polar surface area (TPSA) is 70.7 Å². The van der Waals surface area contributed by atoms with Crippen molar-refractivity contribution in [2.45, 2.75) is 37.9 Å². The van der Waals surface area contributed by atoms with Gasteiger partial charge in [0.15, 0.2) is 23.1 Å². The van der Waals surface area contributed by atoms with Crippen LogP contribution in [0.5, 0.6) is 5.75 Å². The first-order valence-electron chi connectivity index (χ1n) is 12.8. The number of amides is 1. The summed E-state index contributed by atoms with van der Waals surface area (Å²) in [5.74, 6) is -2.94. The molecule has 3 aliphatic heterocycles. The number of benzene rings is 2. The van der Waals surface area contributed by atoms with Crippen LogP contribution in [0.4, 0.5) is 8.78 Å². The van der Waals surface area contributed by atoms with Crippen molar-refractivity contribution in [3.63, 3.8) is 0 Å². The maximum Gasteiger partial charge on any atom is 0.278 e. The summed E-state index contributed by atoms with van der Waals surface area (Å²) in [5, 5.41) is 12.8. The second-order valence-corrected chi connectivity index (χ2v) is 9.98. The van der Waals surface area contributed by atoms with Crippen LogP contribution in [-0.4, -0.2) is 37.9 Å². The molecule has 7 rings (SSSR count). The van der Waals surface area contributed by atoms with Crippen molar-refractivity contribution in [2.75, 3.05) is 11.6 Å². The number of carbonyl (C=O) groups excluding carboxylic acids is 1. The molecule has 1 N–H and O–H groups in total. The number of hydrogen-bond donors (Lipinski definition) is 1. The first-order valence-corrected chi connectivity index (χ1v) is 12.8. The number of pyridine rings is 1. The Balaban J connectivity index is 1.59. The van der Waals surface area contributed by atoms with E-state index in [1.807, 2.05) is 40.0 Å². The Morgan fingerprint density at radius 3 is 2.58 bits per heavy atom. The molecule has 0 saturated carbocycles. The summed E-state index contributed by atoms with van der Waals surface area (Å²) >= 11 is 0. The first-order chi connectivity index (χ1) is 18.5. The van der Waals surface area contributed by atoms with Crippen LogP contribution in [-0.2, 0) is 0 Å². The van der Waals surface area contributed by atoms with E-state index in [1.54, 1.807) is 27.8 Å². The van der Waals surface area contributed by atoms with Gasteiger partial charge in [0.1, 0.15) is 12.2 Å². The lowest BCUT2D eigenvalue weighted by atomic mass is 9.91. The van der Waals surface area contributed by atoms with Crippen LogP contribution in [0.15, 0.2) is 71.8 Å². The van der Waals surface area contributed by atoms with Crippen molar-refractivity contribution in [3.8, 4) is 22.7 Å². The molecule has 7 nitrogen and oxygen atoms in total. The van der Waals surface area contributed by atoms with E-state index in [1.165, 1.54) is 12.3 Å². The summed E-state index contributed by atoms with van der Waals surface area (Å²) in [4.78, 5) is 27.8. The van der Waals surface area contributed by atoms with Crippen molar-refractivity contribution in [1.82, 2.24) is 14.1 Å². The SMILES string of the molecule is O=C1c2c(O)c(=O)ccn2N(C2c3ccccc3-n3cccc3-c3c2ccc(F)c3F)C2CCCCCN12.